The van der Waals surface area contributed by atoms with Gasteiger partial charge in [0.25, 0.3) is 0 Å². The Labute approximate surface area is 190 Å². The van der Waals surface area contributed by atoms with Crippen LogP contribution in [0.2, 0.25) is 5.02 Å². The number of piperidine rings is 1. The number of nitrogens with zero attached hydrogens (tertiary/aromatic N) is 1. The number of carbonyl (C=O) groups excluding carboxylic acids is 1. The summed E-state index contributed by atoms with van der Waals surface area (Å²) in [5, 5.41) is 18.9. The van der Waals surface area contributed by atoms with E-state index in [4.69, 9.17) is 11.6 Å². The third-order valence-corrected chi connectivity index (χ3v) is 8.43. The van der Waals surface area contributed by atoms with Gasteiger partial charge in [0.15, 0.2) is 5.75 Å². The van der Waals surface area contributed by atoms with Crippen molar-refractivity contribution in [1.82, 2.24) is 9.62 Å². The number of benzene rings is 2. The molecule has 172 valence electrons. The smallest absolute Gasteiger partial charge is 0.323 e. The number of phenolic OH excluding ortho intramolecular Hbond substituents is 1. The van der Waals surface area contributed by atoms with E-state index in [0.717, 1.165) is 13.0 Å². The highest BCUT2D eigenvalue weighted by Gasteiger charge is 2.39. The van der Waals surface area contributed by atoms with E-state index in [1.54, 1.807) is 0 Å². The average molecular weight is 483 g/mol. The van der Waals surface area contributed by atoms with Crippen LogP contribution in [0.3, 0.4) is 0 Å². The molecule has 0 radical (unpaired) electrons. The lowest BCUT2D eigenvalue weighted by Gasteiger charge is -2.34. The summed E-state index contributed by atoms with van der Waals surface area (Å²) in [6.07, 6.45) is 1.56. The molecule has 2 saturated heterocycles. The van der Waals surface area contributed by atoms with Crippen molar-refractivity contribution in [3.05, 3.63) is 46.7 Å². The van der Waals surface area contributed by atoms with E-state index in [2.05, 4.69) is 16.0 Å². The van der Waals surface area contributed by atoms with E-state index in [-0.39, 0.29) is 27.9 Å². The average Bonchev–Trinajstić information content (AvgIpc) is 3.21. The van der Waals surface area contributed by atoms with Gasteiger partial charge >= 0.3 is 6.03 Å². The summed E-state index contributed by atoms with van der Waals surface area (Å²) < 4.78 is 41.7. The number of nitrogens with one attached hydrogen (secondary N) is 3. The molecule has 0 bridgehead atoms. The zero-order chi connectivity index (χ0) is 23.0. The van der Waals surface area contributed by atoms with Crippen molar-refractivity contribution >= 4 is 39.0 Å². The molecule has 2 fully saturated rings. The van der Waals surface area contributed by atoms with Crippen LogP contribution in [0.25, 0.3) is 0 Å². The van der Waals surface area contributed by atoms with Crippen molar-refractivity contribution in [3.8, 4) is 5.75 Å². The second-order valence-electron chi connectivity index (χ2n) is 8.03. The Balaban J connectivity index is 1.57. The van der Waals surface area contributed by atoms with Crippen LogP contribution in [0.5, 0.6) is 5.75 Å². The summed E-state index contributed by atoms with van der Waals surface area (Å²) in [5.41, 5.74) is 0.366. The van der Waals surface area contributed by atoms with Crippen LogP contribution in [0.4, 0.5) is 20.6 Å². The zero-order valence-corrected chi connectivity index (χ0v) is 18.9. The molecule has 2 aromatic rings. The minimum atomic E-state index is -4.09. The quantitative estimate of drug-likeness (QED) is 0.498. The van der Waals surface area contributed by atoms with E-state index >= 15 is 0 Å². The molecular weight excluding hydrogens is 459 g/mol. The number of carbonyl (C=O) groups is 1. The maximum Gasteiger partial charge on any atom is 0.323 e. The van der Waals surface area contributed by atoms with Crippen LogP contribution >= 0.6 is 11.6 Å². The first-order valence-corrected chi connectivity index (χ1v) is 12.1. The second-order valence-corrected chi connectivity index (χ2v) is 10.3. The molecule has 2 aliphatic heterocycles. The fourth-order valence-electron chi connectivity index (χ4n) is 4.27. The third-order valence-electron chi connectivity index (χ3n) is 6.06. The number of phenols is 1. The molecule has 0 aromatic heterocycles. The fraction of sp³-hybridized carbons (Fsp3) is 0.381. The van der Waals surface area contributed by atoms with Gasteiger partial charge in [-0.1, -0.05) is 17.7 Å². The molecule has 11 heteroatoms. The number of fused-ring (bicyclic) bond motifs is 1. The van der Waals surface area contributed by atoms with Gasteiger partial charge in [-0.25, -0.2) is 17.6 Å². The number of rotatable bonds is 4. The Kier molecular flexibility index (Phi) is 6.30. The Morgan fingerprint density at radius 3 is 2.75 bits per heavy atom. The van der Waals surface area contributed by atoms with E-state index in [1.165, 1.54) is 41.6 Å². The van der Waals surface area contributed by atoms with Gasteiger partial charge in [-0.2, -0.15) is 4.31 Å². The second kappa shape index (κ2) is 8.86. The zero-order valence-electron chi connectivity index (χ0n) is 17.4. The first kappa shape index (κ1) is 22.8. The number of anilines is 2. The molecule has 2 aliphatic rings. The number of halogens is 2. The monoisotopic (exact) mass is 482 g/mol. The Morgan fingerprint density at radius 1 is 1.22 bits per heavy atom. The van der Waals surface area contributed by atoms with E-state index in [1.807, 2.05) is 0 Å². The summed E-state index contributed by atoms with van der Waals surface area (Å²) in [4.78, 5) is 12.0. The molecule has 0 saturated carbocycles. The normalized spacial score (nSPS) is 21.2. The topological polar surface area (TPSA) is 111 Å². The van der Waals surface area contributed by atoms with Gasteiger partial charge in [0.1, 0.15) is 10.7 Å². The molecule has 2 atom stereocenters. The first-order valence-electron chi connectivity index (χ1n) is 10.3. The van der Waals surface area contributed by atoms with Crippen LogP contribution in [0, 0.1) is 18.7 Å². The molecular formula is C21H24ClFN4O4S. The maximum atomic E-state index is 13.7. The van der Waals surface area contributed by atoms with Crippen molar-refractivity contribution < 1.29 is 22.7 Å². The molecule has 0 spiro atoms. The number of hydrogen-bond donors (Lipinski definition) is 4. The standard InChI is InChI=1S/C21H24ClFN4O4S/c1-12-15(23)3-2-4-16(12)25-21(29)26-18-6-5-14(22)20(19(18)28)32(30,31)27-10-8-17-13(11-27)7-9-24-17/h2-6,13,17,24,28H,7-11H2,1H3,(H2,25,26,29). The van der Waals surface area contributed by atoms with Crippen molar-refractivity contribution in [2.24, 2.45) is 5.92 Å². The minimum absolute atomic E-state index is 0.128. The van der Waals surface area contributed by atoms with Crippen molar-refractivity contribution in [2.45, 2.75) is 30.7 Å². The van der Waals surface area contributed by atoms with Gasteiger partial charge in [-0.15, -0.1) is 0 Å². The summed E-state index contributed by atoms with van der Waals surface area (Å²) in [7, 11) is -4.09. The molecule has 2 amide bonds. The lowest BCUT2D eigenvalue weighted by Crippen LogP contribution is -2.46. The number of urea groups is 1. The van der Waals surface area contributed by atoms with Gasteiger partial charge in [-0.3, -0.25) is 0 Å². The number of hydrogen-bond acceptors (Lipinski definition) is 5. The Morgan fingerprint density at radius 2 is 1.97 bits per heavy atom. The van der Waals surface area contributed by atoms with Crippen molar-refractivity contribution in [2.75, 3.05) is 30.3 Å². The molecule has 2 aromatic carbocycles. The van der Waals surface area contributed by atoms with Gasteiger partial charge in [0, 0.05) is 30.4 Å². The van der Waals surface area contributed by atoms with Crippen LogP contribution < -0.4 is 16.0 Å². The van der Waals surface area contributed by atoms with E-state index in [0.29, 0.717) is 25.6 Å². The third kappa shape index (κ3) is 4.27. The van der Waals surface area contributed by atoms with Crippen molar-refractivity contribution in [3.63, 3.8) is 0 Å². The molecule has 2 heterocycles. The van der Waals surface area contributed by atoms with E-state index < -0.39 is 32.5 Å². The SMILES string of the molecule is Cc1c(F)cccc1NC(=O)Nc1ccc(Cl)c(S(=O)(=O)N2CCC3NCCC3C2)c1O. The van der Waals surface area contributed by atoms with Crippen LogP contribution in [0.1, 0.15) is 18.4 Å². The highest BCUT2D eigenvalue weighted by Crippen LogP contribution is 2.40. The van der Waals surface area contributed by atoms with Gasteiger partial charge in [0.05, 0.1) is 10.7 Å². The van der Waals surface area contributed by atoms with Gasteiger partial charge in [-0.05, 0) is 56.5 Å². The number of amides is 2. The maximum absolute atomic E-state index is 13.7. The first-order chi connectivity index (χ1) is 15.2. The minimum Gasteiger partial charge on any atom is -0.504 e. The summed E-state index contributed by atoms with van der Waals surface area (Å²) in [5.74, 6) is -0.914. The fourth-order valence-corrected chi connectivity index (χ4v) is 6.38. The highest BCUT2D eigenvalue weighted by molar-refractivity contribution is 7.89. The molecule has 8 nitrogen and oxygen atoms in total. The largest absolute Gasteiger partial charge is 0.504 e. The summed E-state index contributed by atoms with van der Waals surface area (Å²) >= 11 is 6.17. The van der Waals surface area contributed by atoms with Crippen LogP contribution in [-0.2, 0) is 10.0 Å². The predicted octanol–water partition coefficient (Wildman–Crippen LogP) is 3.51. The number of sulfonamides is 1. The molecule has 2 unspecified atom stereocenters. The number of aromatic hydroxyl groups is 1. The van der Waals surface area contributed by atoms with Gasteiger partial charge < -0.3 is 21.1 Å². The molecule has 0 aliphatic carbocycles. The Bertz CT molecular complexity index is 1160. The highest BCUT2D eigenvalue weighted by atomic mass is 35.5. The molecule has 32 heavy (non-hydrogen) atoms. The van der Waals surface area contributed by atoms with Crippen molar-refractivity contribution in [1.29, 1.82) is 0 Å². The Hall–Kier alpha value is -2.40. The van der Waals surface area contributed by atoms with Crippen LogP contribution in [0.15, 0.2) is 35.2 Å². The summed E-state index contributed by atoms with van der Waals surface area (Å²) in [6.45, 7) is 3.02. The lowest BCUT2D eigenvalue weighted by molar-refractivity contribution is 0.246. The summed E-state index contributed by atoms with van der Waals surface area (Å²) in [6, 6.07) is 6.39. The lowest BCUT2D eigenvalue weighted by atomic mass is 9.95. The van der Waals surface area contributed by atoms with Gasteiger partial charge in [0.2, 0.25) is 10.0 Å². The molecule has 4 N–H and O–H groups in total. The molecule has 4 rings (SSSR count). The van der Waals surface area contributed by atoms with E-state index in [9.17, 15) is 22.7 Å². The predicted molar refractivity (Wildman–Crippen MR) is 120 cm³/mol. The van der Waals surface area contributed by atoms with Crippen LogP contribution in [-0.4, -0.2) is 49.5 Å².